The fraction of sp³-hybridized carbons (Fsp3) is 0.235. The number of imidazole rings is 1. The number of hydrogen-bond acceptors (Lipinski definition) is 3. The van der Waals surface area contributed by atoms with Gasteiger partial charge in [0.05, 0.1) is 24.0 Å². The van der Waals surface area contributed by atoms with Crippen LogP contribution < -0.4 is 10.1 Å². The predicted octanol–water partition coefficient (Wildman–Crippen LogP) is 6.85. The third-order valence-electron chi connectivity index (χ3n) is 6.89. The standard InChI is InChI=1S/C34H35N3O2/c38-34(26-27-19-21-29(22-20-27)28-12-4-1-5-13-28)35-23-11-3-8-18-33-36-31-16-9-10-17-32(31)37(33)24-25-39-30-14-6-2-7-15-30/h1-2,4-7,9-10,12-17,19-22H,3,8,11,18,23-26H2,(H,35,38). The first-order valence-corrected chi connectivity index (χ1v) is 13.8. The minimum absolute atomic E-state index is 0.0719. The Morgan fingerprint density at radius 3 is 2.23 bits per heavy atom. The van der Waals surface area contributed by atoms with Crippen molar-refractivity contribution in [2.24, 2.45) is 0 Å². The largest absolute Gasteiger partial charge is 0.492 e. The maximum atomic E-state index is 12.4. The molecule has 0 radical (unpaired) electrons. The summed E-state index contributed by atoms with van der Waals surface area (Å²) < 4.78 is 8.22. The van der Waals surface area contributed by atoms with Gasteiger partial charge in [0.1, 0.15) is 18.2 Å². The van der Waals surface area contributed by atoms with E-state index in [4.69, 9.17) is 9.72 Å². The van der Waals surface area contributed by atoms with Gasteiger partial charge in [-0.15, -0.1) is 0 Å². The van der Waals surface area contributed by atoms with E-state index in [1.54, 1.807) is 0 Å². The van der Waals surface area contributed by atoms with Crippen LogP contribution in [0.3, 0.4) is 0 Å². The highest BCUT2D eigenvalue weighted by Crippen LogP contribution is 2.20. The van der Waals surface area contributed by atoms with E-state index in [-0.39, 0.29) is 5.91 Å². The molecule has 5 heteroatoms. The van der Waals surface area contributed by atoms with Crippen LogP contribution in [0, 0.1) is 0 Å². The van der Waals surface area contributed by atoms with Crippen molar-refractivity contribution in [2.75, 3.05) is 13.2 Å². The van der Waals surface area contributed by atoms with Gasteiger partial charge in [0.25, 0.3) is 0 Å². The molecule has 0 aliphatic carbocycles. The maximum absolute atomic E-state index is 12.4. The molecule has 5 rings (SSSR count). The molecule has 5 aromatic rings. The number of nitrogens with one attached hydrogen (secondary N) is 1. The van der Waals surface area contributed by atoms with Crippen LogP contribution in [0.1, 0.15) is 30.7 Å². The number of unbranched alkanes of at least 4 members (excludes halogenated alkanes) is 2. The lowest BCUT2D eigenvalue weighted by Gasteiger charge is -2.11. The molecule has 0 unspecified atom stereocenters. The second-order valence-electron chi connectivity index (χ2n) is 9.73. The summed E-state index contributed by atoms with van der Waals surface area (Å²) in [4.78, 5) is 17.3. The van der Waals surface area contributed by atoms with E-state index < -0.39 is 0 Å². The van der Waals surface area contributed by atoms with E-state index in [0.29, 0.717) is 19.6 Å². The van der Waals surface area contributed by atoms with E-state index >= 15 is 0 Å². The van der Waals surface area contributed by atoms with Crippen molar-refractivity contribution in [3.05, 3.63) is 121 Å². The minimum Gasteiger partial charge on any atom is -0.492 e. The molecule has 0 atom stereocenters. The summed E-state index contributed by atoms with van der Waals surface area (Å²) in [6, 6.07) is 36.7. The van der Waals surface area contributed by atoms with Gasteiger partial charge in [0, 0.05) is 13.0 Å². The highest BCUT2D eigenvalue weighted by molar-refractivity contribution is 5.79. The normalized spacial score (nSPS) is 11.0. The number of aryl methyl sites for hydroxylation is 1. The lowest BCUT2D eigenvalue weighted by Crippen LogP contribution is -2.26. The molecular weight excluding hydrogens is 482 g/mol. The maximum Gasteiger partial charge on any atom is 0.224 e. The van der Waals surface area contributed by atoms with E-state index in [1.165, 1.54) is 5.56 Å². The number of hydrogen-bond donors (Lipinski definition) is 1. The number of rotatable bonds is 13. The molecule has 0 spiro atoms. The Hall–Kier alpha value is -4.38. The van der Waals surface area contributed by atoms with E-state index in [9.17, 15) is 4.79 Å². The Bertz CT molecular complexity index is 1460. The number of fused-ring (bicyclic) bond motifs is 1. The summed E-state index contributed by atoms with van der Waals surface area (Å²) in [6.45, 7) is 2.05. The monoisotopic (exact) mass is 517 g/mol. The average molecular weight is 518 g/mol. The number of para-hydroxylation sites is 3. The number of ether oxygens (including phenoxy) is 1. The number of nitrogens with zero attached hydrogens (tertiary/aromatic N) is 2. The van der Waals surface area contributed by atoms with Gasteiger partial charge in [-0.1, -0.05) is 91.3 Å². The zero-order chi connectivity index (χ0) is 26.7. The topological polar surface area (TPSA) is 56.2 Å². The lowest BCUT2D eigenvalue weighted by molar-refractivity contribution is -0.120. The second kappa shape index (κ2) is 13.4. The fourth-order valence-corrected chi connectivity index (χ4v) is 4.84. The molecule has 0 bridgehead atoms. The predicted molar refractivity (Wildman–Crippen MR) is 158 cm³/mol. The van der Waals surface area contributed by atoms with Crippen molar-refractivity contribution in [3.8, 4) is 16.9 Å². The van der Waals surface area contributed by atoms with Crippen LogP contribution in [-0.2, 0) is 24.2 Å². The number of carbonyl (C=O) groups excluding carboxylic acids is 1. The Morgan fingerprint density at radius 2 is 1.44 bits per heavy atom. The Kier molecular flexibility index (Phi) is 9.03. The van der Waals surface area contributed by atoms with Gasteiger partial charge in [-0.3, -0.25) is 4.79 Å². The Morgan fingerprint density at radius 1 is 0.744 bits per heavy atom. The van der Waals surface area contributed by atoms with Crippen molar-refractivity contribution in [3.63, 3.8) is 0 Å². The zero-order valence-corrected chi connectivity index (χ0v) is 22.3. The minimum atomic E-state index is 0.0719. The third-order valence-corrected chi connectivity index (χ3v) is 6.89. The van der Waals surface area contributed by atoms with Gasteiger partial charge >= 0.3 is 0 Å². The molecule has 39 heavy (non-hydrogen) atoms. The van der Waals surface area contributed by atoms with Crippen LogP contribution in [0.4, 0.5) is 0 Å². The Labute approximate surface area is 230 Å². The molecule has 0 saturated carbocycles. The summed E-state index contributed by atoms with van der Waals surface area (Å²) >= 11 is 0. The van der Waals surface area contributed by atoms with Crippen molar-refractivity contribution in [1.29, 1.82) is 0 Å². The van der Waals surface area contributed by atoms with Crippen LogP contribution in [-0.4, -0.2) is 28.6 Å². The summed E-state index contributed by atoms with van der Waals surface area (Å²) in [6.07, 6.45) is 4.33. The van der Waals surface area contributed by atoms with Gasteiger partial charge in [-0.2, -0.15) is 0 Å². The van der Waals surface area contributed by atoms with E-state index in [1.807, 2.05) is 66.7 Å². The average Bonchev–Trinajstić information content (AvgIpc) is 3.33. The van der Waals surface area contributed by atoms with Gasteiger partial charge in [-0.25, -0.2) is 4.98 Å². The van der Waals surface area contributed by atoms with Gasteiger partial charge in [-0.05, 0) is 53.8 Å². The molecule has 1 heterocycles. The van der Waals surface area contributed by atoms with Crippen molar-refractivity contribution in [1.82, 2.24) is 14.9 Å². The van der Waals surface area contributed by atoms with Crippen molar-refractivity contribution < 1.29 is 9.53 Å². The quantitative estimate of drug-likeness (QED) is 0.174. The highest BCUT2D eigenvalue weighted by Gasteiger charge is 2.11. The van der Waals surface area contributed by atoms with Crippen LogP contribution in [0.15, 0.2) is 109 Å². The van der Waals surface area contributed by atoms with Crippen LogP contribution in [0.5, 0.6) is 5.75 Å². The summed E-state index contributed by atoms with van der Waals surface area (Å²) in [7, 11) is 0. The van der Waals surface area contributed by atoms with Crippen LogP contribution in [0.2, 0.25) is 0 Å². The van der Waals surface area contributed by atoms with E-state index in [0.717, 1.165) is 66.0 Å². The van der Waals surface area contributed by atoms with Crippen molar-refractivity contribution >= 4 is 16.9 Å². The molecule has 1 aromatic heterocycles. The lowest BCUT2D eigenvalue weighted by atomic mass is 10.0. The SMILES string of the molecule is O=C(Cc1ccc(-c2ccccc2)cc1)NCCCCCc1nc2ccccc2n1CCOc1ccccc1. The molecular formula is C34H35N3O2. The summed E-state index contributed by atoms with van der Waals surface area (Å²) in [5.74, 6) is 2.05. The molecule has 0 aliphatic heterocycles. The molecule has 0 saturated heterocycles. The van der Waals surface area contributed by atoms with Gasteiger partial charge < -0.3 is 14.6 Å². The number of benzene rings is 4. The van der Waals surface area contributed by atoms with Gasteiger partial charge in [0.2, 0.25) is 5.91 Å². The molecule has 198 valence electrons. The highest BCUT2D eigenvalue weighted by atomic mass is 16.5. The summed E-state index contributed by atoms with van der Waals surface area (Å²) in [5, 5.41) is 3.08. The molecule has 1 amide bonds. The van der Waals surface area contributed by atoms with Gasteiger partial charge in [0.15, 0.2) is 0 Å². The summed E-state index contributed by atoms with van der Waals surface area (Å²) in [5.41, 5.74) is 5.55. The smallest absolute Gasteiger partial charge is 0.224 e. The first kappa shape index (κ1) is 26.2. The molecule has 4 aromatic carbocycles. The molecule has 0 fully saturated rings. The number of carbonyl (C=O) groups is 1. The number of amides is 1. The molecule has 0 aliphatic rings. The van der Waals surface area contributed by atoms with Crippen molar-refractivity contribution in [2.45, 2.75) is 38.6 Å². The number of aromatic nitrogens is 2. The molecule has 5 nitrogen and oxygen atoms in total. The molecule has 1 N–H and O–H groups in total. The fourth-order valence-electron chi connectivity index (χ4n) is 4.84. The van der Waals surface area contributed by atoms with Crippen LogP contribution >= 0.6 is 0 Å². The third kappa shape index (κ3) is 7.35. The van der Waals surface area contributed by atoms with E-state index in [2.05, 4.69) is 52.3 Å². The first-order chi connectivity index (χ1) is 19.3. The van der Waals surface area contributed by atoms with Crippen LogP contribution in [0.25, 0.3) is 22.2 Å². The zero-order valence-electron chi connectivity index (χ0n) is 22.3. The first-order valence-electron chi connectivity index (χ1n) is 13.8. The Balaban J connectivity index is 1.04. The second-order valence-corrected chi connectivity index (χ2v) is 9.73.